The van der Waals surface area contributed by atoms with Crippen LogP contribution in [0.4, 0.5) is 0 Å². The summed E-state index contributed by atoms with van der Waals surface area (Å²) in [4.78, 5) is 12.7. The molecular weight excluding hydrogens is 182 g/mol. The predicted octanol–water partition coefficient (Wildman–Crippen LogP) is 0.818. The smallest absolute Gasteiger partial charge is 0.317 e. The second-order valence-corrected chi connectivity index (χ2v) is 4.23. The van der Waals surface area contributed by atoms with Gasteiger partial charge in [0, 0.05) is 19.2 Å². The molecule has 1 rings (SSSR count). The van der Waals surface area contributed by atoms with Crippen molar-refractivity contribution in [3.63, 3.8) is 0 Å². The minimum Gasteiger partial charge on any atom is -0.480 e. The Morgan fingerprint density at radius 3 is 2.79 bits per heavy atom. The third-order valence-electron chi connectivity index (χ3n) is 2.36. The number of hydrogen-bond acceptors (Lipinski definition) is 3. The summed E-state index contributed by atoms with van der Waals surface area (Å²) in [5.74, 6) is -0.257. The van der Waals surface area contributed by atoms with E-state index in [1.54, 1.807) is 0 Å². The summed E-state index contributed by atoms with van der Waals surface area (Å²) in [5.41, 5.74) is 0. The lowest BCUT2D eigenvalue weighted by atomic mass is 10.1. The first-order chi connectivity index (χ1) is 6.59. The van der Waals surface area contributed by atoms with E-state index in [0.717, 1.165) is 19.6 Å². The topological polar surface area (TPSA) is 49.8 Å². The van der Waals surface area contributed by atoms with Gasteiger partial charge in [-0.25, -0.2) is 0 Å². The van der Waals surface area contributed by atoms with Crippen molar-refractivity contribution in [1.82, 2.24) is 4.90 Å². The summed E-state index contributed by atoms with van der Waals surface area (Å²) in [5, 5.41) is 8.77. The van der Waals surface area contributed by atoms with Gasteiger partial charge in [0.25, 0.3) is 0 Å². The molecule has 0 spiro atoms. The maximum Gasteiger partial charge on any atom is 0.317 e. The van der Waals surface area contributed by atoms with Crippen LogP contribution in [0.25, 0.3) is 0 Å². The molecule has 1 aliphatic heterocycles. The van der Waals surface area contributed by atoms with Crippen LogP contribution in [0.3, 0.4) is 0 Å². The van der Waals surface area contributed by atoms with Crippen molar-refractivity contribution >= 4 is 5.97 Å². The number of carboxylic acids is 1. The Morgan fingerprint density at radius 2 is 2.36 bits per heavy atom. The zero-order valence-corrected chi connectivity index (χ0v) is 8.90. The minimum atomic E-state index is -0.752. The molecule has 0 aromatic carbocycles. The summed E-state index contributed by atoms with van der Waals surface area (Å²) < 4.78 is 5.27. The molecule has 82 valence electrons. The van der Waals surface area contributed by atoms with Crippen LogP contribution in [-0.4, -0.2) is 48.3 Å². The number of aliphatic carboxylic acids is 1. The third-order valence-corrected chi connectivity index (χ3v) is 2.36. The fourth-order valence-corrected chi connectivity index (χ4v) is 1.80. The van der Waals surface area contributed by atoms with E-state index in [0.29, 0.717) is 18.6 Å². The zero-order valence-electron chi connectivity index (χ0n) is 8.90. The zero-order chi connectivity index (χ0) is 10.6. The van der Waals surface area contributed by atoms with Gasteiger partial charge in [-0.3, -0.25) is 9.69 Å². The maximum absolute atomic E-state index is 10.7. The first-order valence-corrected chi connectivity index (χ1v) is 5.13. The van der Waals surface area contributed by atoms with Crippen LogP contribution < -0.4 is 0 Å². The molecule has 1 atom stereocenters. The van der Waals surface area contributed by atoms with Crippen LogP contribution >= 0.6 is 0 Å². The van der Waals surface area contributed by atoms with Crippen molar-refractivity contribution in [2.45, 2.75) is 26.3 Å². The molecule has 1 N–H and O–H groups in total. The van der Waals surface area contributed by atoms with Crippen LogP contribution in [0.2, 0.25) is 0 Å². The van der Waals surface area contributed by atoms with E-state index >= 15 is 0 Å². The summed E-state index contributed by atoms with van der Waals surface area (Å²) in [6.45, 7) is 6.61. The van der Waals surface area contributed by atoms with Gasteiger partial charge in [0.15, 0.2) is 0 Å². The average molecular weight is 201 g/mol. The number of carbonyl (C=O) groups is 1. The maximum atomic E-state index is 10.7. The van der Waals surface area contributed by atoms with Crippen molar-refractivity contribution in [3.8, 4) is 0 Å². The molecule has 0 aliphatic carbocycles. The monoisotopic (exact) mass is 201 g/mol. The second-order valence-electron chi connectivity index (χ2n) is 4.23. The SMILES string of the molecule is CC(C)CN(CC(=O)O)C1CCOC1. The molecule has 1 unspecified atom stereocenters. The lowest BCUT2D eigenvalue weighted by Gasteiger charge is -2.27. The van der Waals surface area contributed by atoms with Gasteiger partial charge in [-0.2, -0.15) is 0 Å². The van der Waals surface area contributed by atoms with Crippen molar-refractivity contribution in [2.24, 2.45) is 5.92 Å². The number of ether oxygens (including phenoxy) is 1. The number of carboxylic acid groups (broad SMARTS) is 1. The van der Waals surface area contributed by atoms with E-state index in [1.807, 2.05) is 4.90 Å². The molecule has 0 radical (unpaired) electrons. The minimum absolute atomic E-state index is 0.131. The van der Waals surface area contributed by atoms with Gasteiger partial charge in [0.05, 0.1) is 13.2 Å². The van der Waals surface area contributed by atoms with E-state index in [4.69, 9.17) is 9.84 Å². The highest BCUT2D eigenvalue weighted by molar-refractivity contribution is 5.69. The molecule has 0 aromatic rings. The fourth-order valence-electron chi connectivity index (χ4n) is 1.80. The van der Waals surface area contributed by atoms with Crippen LogP contribution in [0.1, 0.15) is 20.3 Å². The number of nitrogens with zero attached hydrogens (tertiary/aromatic N) is 1. The Kier molecular flexibility index (Phi) is 4.35. The highest BCUT2D eigenvalue weighted by Crippen LogP contribution is 2.13. The highest BCUT2D eigenvalue weighted by Gasteiger charge is 2.25. The lowest BCUT2D eigenvalue weighted by Crippen LogP contribution is -2.41. The number of hydrogen-bond donors (Lipinski definition) is 1. The molecular formula is C10H19NO3. The molecule has 1 fully saturated rings. The number of rotatable bonds is 5. The summed E-state index contributed by atoms with van der Waals surface area (Å²) in [6.07, 6.45) is 0.958. The van der Waals surface area contributed by atoms with Crippen molar-refractivity contribution in [2.75, 3.05) is 26.3 Å². The van der Waals surface area contributed by atoms with Gasteiger partial charge in [0.2, 0.25) is 0 Å². The van der Waals surface area contributed by atoms with Crippen molar-refractivity contribution in [3.05, 3.63) is 0 Å². The van der Waals surface area contributed by atoms with Gasteiger partial charge in [0.1, 0.15) is 0 Å². The molecule has 1 saturated heterocycles. The Labute approximate surface area is 84.8 Å². The normalized spacial score (nSPS) is 22.1. The first-order valence-electron chi connectivity index (χ1n) is 5.13. The standard InChI is InChI=1S/C10H19NO3/c1-8(2)5-11(6-10(12)13)9-3-4-14-7-9/h8-9H,3-7H2,1-2H3,(H,12,13). The Hall–Kier alpha value is -0.610. The van der Waals surface area contributed by atoms with E-state index < -0.39 is 5.97 Å². The summed E-state index contributed by atoms with van der Waals surface area (Å²) in [7, 11) is 0. The molecule has 4 nitrogen and oxygen atoms in total. The lowest BCUT2D eigenvalue weighted by molar-refractivity contribution is -0.139. The van der Waals surface area contributed by atoms with Crippen molar-refractivity contribution in [1.29, 1.82) is 0 Å². The summed E-state index contributed by atoms with van der Waals surface area (Å²) >= 11 is 0. The fraction of sp³-hybridized carbons (Fsp3) is 0.900. The third kappa shape index (κ3) is 3.64. The van der Waals surface area contributed by atoms with Gasteiger partial charge >= 0.3 is 5.97 Å². The highest BCUT2D eigenvalue weighted by atomic mass is 16.5. The van der Waals surface area contributed by atoms with E-state index in [9.17, 15) is 4.79 Å². The van der Waals surface area contributed by atoms with Crippen LogP contribution in [-0.2, 0) is 9.53 Å². The van der Waals surface area contributed by atoms with E-state index in [2.05, 4.69) is 13.8 Å². The van der Waals surface area contributed by atoms with Gasteiger partial charge in [-0.15, -0.1) is 0 Å². The van der Waals surface area contributed by atoms with Crippen LogP contribution in [0, 0.1) is 5.92 Å². The molecule has 0 amide bonds. The van der Waals surface area contributed by atoms with Gasteiger partial charge in [-0.05, 0) is 12.3 Å². The van der Waals surface area contributed by atoms with E-state index in [-0.39, 0.29) is 6.54 Å². The Morgan fingerprint density at radius 1 is 1.64 bits per heavy atom. The summed E-state index contributed by atoms with van der Waals surface area (Å²) in [6, 6.07) is 0.300. The largest absolute Gasteiger partial charge is 0.480 e. The Bertz CT molecular complexity index is 188. The Balaban J connectivity index is 2.46. The first kappa shape index (κ1) is 11.5. The van der Waals surface area contributed by atoms with E-state index in [1.165, 1.54) is 0 Å². The van der Waals surface area contributed by atoms with Gasteiger partial charge in [-0.1, -0.05) is 13.8 Å². The molecule has 0 saturated carbocycles. The molecule has 1 aliphatic rings. The quantitative estimate of drug-likeness (QED) is 0.715. The predicted molar refractivity (Wildman–Crippen MR) is 53.3 cm³/mol. The van der Waals surface area contributed by atoms with Gasteiger partial charge < -0.3 is 9.84 Å². The molecule has 14 heavy (non-hydrogen) atoms. The average Bonchev–Trinajstić information content (AvgIpc) is 2.52. The van der Waals surface area contributed by atoms with Crippen LogP contribution in [0.15, 0.2) is 0 Å². The molecule has 0 aromatic heterocycles. The molecule has 1 heterocycles. The molecule has 4 heteroatoms. The van der Waals surface area contributed by atoms with Crippen LogP contribution in [0.5, 0.6) is 0 Å². The second kappa shape index (κ2) is 5.32. The molecule has 0 bridgehead atoms. The van der Waals surface area contributed by atoms with Crippen molar-refractivity contribution < 1.29 is 14.6 Å².